The van der Waals surface area contributed by atoms with Crippen LogP contribution in [0, 0.1) is 0 Å². The molecule has 3 aromatic rings. The number of nitrogens with one attached hydrogen (secondary N) is 1. The average Bonchev–Trinajstić information content (AvgIpc) is 3.16. The maximum absolute atomic E-state index is 12.3. The molecular formula is C18H18N4O5S. The van der Waals surface area contributed by atoms with Crippen LogP contribution in [0.25, 0.3) is 11.5 Å². The summed E-state index contributed by atoms with van der Waals surface area (Å²) in [7, 11) is 0.881. The lowest BCUT2D eigenvalue weighted by atomic mass is 10.2. The molecule has 146 valence electrons. The van der Waals surface area contributed by atoms with Gasteiger partial charge >= 0.3 is 6.01 Å². The van der Waals surface area contributed by atoms with Crippen molar-refractivity contribution in [1.82, 2.24) is 14.5 Å². The molecule has 3 rings (SSSR count). The quantitative estimate of drug-likeness (QED) is 0.672. The predicted octanol–water partition coefficient (Wildman–Crippen LogP) is 2.25. The Labute approximate surface area is 162 Å². The van der Waals surface area contributed by atoms with Crippen molar-refractivity contribution in [3.63, 3.8) is 0 Å². The second-order valence-electron chi connectivity index (χ2n) is 5.91. The number of benzene rings is 2. The van der Waals surface area contributed by atoms with Gasteiger partial charge in [0.25, 0.3) is 5.91 Å². The highest BCUT2D eigenvalue weighted by atomic mass is 32.2. The van der Waals surface area contributed by atoms with Gasteiger partial charge in [-0.15, -0.1) is 5.10 Å². The summed E-state index contributed by atoms with van der Waals surface area (Å²) in [5, 5.41) is 10.2. The van der Waals surface area contributed by atoms with Crippen LogP contribution in [0.4, 0.5) is 6.01 Å². The molecule has 0 bridgehead atoms. The average molecular weight is 402 g/mol. The zero-order valence-electron chi connectivity index (χ0n) is 15.4. The second-order valence-corrected chi connectivity index (χ2v) is 8.06. The van der Waals surface area contributed by atoms with E-state index in [2.05, 4.69) is 15.5 Å². The number of methoxy groups -OCH3 is 1. The summed E-state index contributed by atoms with van der Waals surface area (Å²) in [5.41, 5.74) is 0.925. The Morgan fingerprint density at radius 3 is 2.25 bits per heavy atom. The third-order valence-corrected chi connectivity index (χ3v) is 5.71. The van der Waals surface area contributed by atoms with E-state index in [1.54, 1.807) is 31.4 Å². The van der Waals surface area contributed by atoms with Crippen molar-refractivity contribution in [2.75, 3.05) is 26.5 Å². The predicted molar refractivity (Wildman–Crippen MR) is 102 cm³/mol. The molecule has 0 aliphatic heterocycles. The smallest absolute Gasteiger partial charge is 0.322 e. The summed E-state index contributed by atoms with van der Waals surface area (Å²) in [6.45, 7) is 0. The summed E-state index contributed by atoms with van der Waals surface area (Å²) < 4.78 is 35.8. The molecule has 1 amide bonds. The molecule has 0 aliphatic carbocycles. The van der Waals surface area contributed by atoms with Gasteiger partial charge in [-0.1, -0.05) is 5.10 Å². The lowest BCUT2D eigenvalue weighted by molar-refractivity contribution is 0.102. The van der Waals surface area contributed by atoms with E-state index in [1.807, 2.05) is 0 Å². The van der Waals surface area contributed by atoms with Crippen LogP contribution in [0.1, 0.15) is 10.4 Å². The number of hydrogen-bond acceptors (Lipinski definition) is 7. The van der Waals surface area contributed by atoms with Crippen molar-refractivity contribution in [1.29, 1.82) is 0 Å². The number of rotatable bonds is 6. The van der Waals surface area contributed by atoms with Crippen LogP contribution in [0.2, 0.25) is 0 Å². The standard InChI is InChI=1S/C18H18N4O5S/c1-22(2)28(24,25)15-10-6-12(7-11-15)16(23)19-18-21-20-17(27-18)13-4-8-14(26-3)9-5-13/h4-11H,1-3H3,(H,19,21,23). The van der Waals surface area contributed by atoms with E-state index in [-0.39, 0.29) is 22.4 Å². The second kappa shape index (κ2) is 7.79. The van der Waals surface area contributed by atoms with Crippen LogP contribution in [0.15, 0.2) is 57.8 Å². The Bertz CT molecular complexity index is 1070. The molecule has 9 nitrogen and oxygen atoms in total. The topological polar surface area (TPSA) is 115 Å². The first kappa shape index (κ1) is 19.5. The van der Waals surface area contributed by atoms with Crippen LogP contribution in [-0.2, 0) is 10.0 Å². The fraction of sp³-hybridized carbons (Fsp3) is 0.167. The summed E-state index contributed by atoms with van der Waals surface area (Å²) in [6, 6.07) is 12.5. The molecule has 0 saturated carbocycles. The van der Waals surface area contributed by atoms with E-state index in [1.165, 1.54) is 38.4 Å². The molecule has 0 aliphatic rings. The maximum Gasteiger partial charge on any atom is 0.322 e. The summed E-state index contributed by atoms with van der Waals surface area (Å²) in [5.74, 6) is 0.431. The number of ether oxygens (including phenoxy) is 1. The van der Waals surface area contributed by atoms with Gasteiger partial charge in [-0.05, 0) is 48.5 Å². The van der Waals surface area contributed by atoms with Gasteiger partial charge in [0.15, 0.2) is 0 Å². The van der Waals surface area contributed by atoms with Gasteiger partial charge in [-0.25, -0.2) is 12.7 Å². The van der Waals surface area contributed by atoms with Crippen molar-refractivity contribution in [2.24, 2.45) is 0 Å². The fourth-order valence-corrected chi connectivity index (χ4v) is 3.18. The molecule has 0 atom stereocenters. The molecule has 0 radical (unpaired) electrons. The number of sulfonamides is 1. The third kappa shape index (κ3) is 4.02. The Morgan fingerprint density at radius 1 is 1.04 bits per heavy atom. The first-order valence-electron chi connectivity index (χ1n) is 8.13. The van der Waals surface area contributed by atoms with Crippen LogP contribution >= 0.6 is 0 Å². The van der Waals surface area contributed by atoms with Gasteiger partial charge in [0.2, 0.25) is 15.9 Å². The normalized spacial score (nSPS) is 11.4. The Balaban J connectivity index is 1.72. The first-order chi connectivity index (χ1) is 13.3. The highest BCUT2D eigenvalue weighted by Crippen LogP contribution is 2.23. The molecular weight excluding hydrogens is 384 g/mol. The third-order valence-electron chi connectivity index (χ3n) is 3.88. The highest BCUT2D eigenvalue weighted by Gasteiger charge is 2.18. The lowest BCUT2D eigenvalue weighted by Crippen LogP contribution is -2.22. The number of anilines is 1. The largest absolute Gasteiger partial charge is 0.497 e. The van der Waals surface area contributed by atoms with Crippen LogP contribution in [-0.4, -0.2) is 50.0 Å². The van der Waals surface area contributed by atoms with E-state index in [9.17, 15) is 13.2 Å². The van der Waals surface area contributed by atoms with Crippen molar-refractivity contribution in [3.05, 3.63) is 54.1 Å². The van der Waals surface area contributed by atoms with Crippen LogP contribution < -0.4 is 10.1 Å². The minimum Gasteiger partial charge on any atom is -0.497 e. The van der Waals surface area contributed by atoms with E-state index in [4.69, 9.17) is 9.15 Å². The summed E-state index contributed by atoms with van der Waals surface area (Å²) >= 11 is 0. The Morgan fingerprint density at radius 2 is 1.68 bits per heavy atom. The molecule has 1 heterocycles. The lowest BCUT2D eigenvalue weighted by Gasteiger charge is -2.11. The van der Waals surface area contributed by atoms with Gasteiger partial charge in [-0.3, -0.25) is 10.1 Å². The van der Waals surface area contributed by atoms with Gasteiger partial charge < -0.3 is 9.15 Å². The van der Waals surface area contributed by atoms with Crippen LogP contribution in [0.3, 0.4) is 0 Å². The summed E-state index contributed by atoms with van der Waals surface area (Å²) in [4.78, 5) is 12.4. The molecule has 0 unspecified atom stereocenters. The van der Waals surface area contributed by atoms with Crippen molar-refractivity contribution in [3.8, 4) is 17.2 Å². The minimum atomic E-state index is -3.56. The number of hydrogen-bond donors (Lipinski definition) is 1. The Kier molecular flexibility index (Phi) is 5.43. The van der Waals surface area contributed by atoms with Gasteiger partial charge in [-0.2, -0.15) is 0 Å². The Hall–Kier alpha value is -3.24. The minimum absolute atomic E-state index is 0.0687. The van der Waals surface area contributed by atoms with E-state index >= 15 is 0 Å². The fourth-order valence-electron chi connectivity index (χ4n) is 2.28. The monoisotopic (exact) mass is 402 g/mol. The van der Waals surface area contributed by atoms with Gasteiger partial charge in [0.1, 0.15) is 5.75 Å². The van der Waals surface area contributed by atoms with Gasteiger partial charge in [0, 0.05) is 25.2 Å². The van der Waals surface area contributed by atoms with Crippen molar-refractivity contribution < 1.29 is 22.4 Å². The molecule has 0 fully saturated rings. The highest BCUT2D eigenvalue weighted by molar-refractivity contribution is 7.89. The zero-order valence-corrected chi connectivity index (χ0v) is 16.2. The number of carbonyl (C=O) groups is 1. The number of nitrogens with zero attached hydrogens (tertiary/aromatic N) is 3. The van der Waals surface area contributed by atoms with Crippen molar-refractivity contribution in [2.45, 2.75) is 4.90 Å². The SMILES string of the molecule is COc1ccc(-c2nnc(NC(=O)c3ccc(S(=O)(=O)N(C)C)cc3)o2)cc1. The van der Waals surface area contributed by atoms with Crippen LogP contribution in [0.5, 0.6) is 5.75 Å². The molecule has 0 spiro atoms. The summed E-state index contributed by atoms with van der Waals surface area (Å²) in [6.07, 6.45) is 0. The van der Waals surface area contributed by atoms with Crippen molar-refractivity contribution >= 4 is 21.9 Å². The molecule has 1 N–H and O–H groups in total. The van der Waals surface area contributed by atoms with E-state index in [0.717, 1.165) is 4.31 Å². The molecule has 2 aromatic carbocycles. The molecule has 0 saturated heterocycles. The van der Waals surface area contributed by atoms with E-state index < -0.39 is 15.9 Å². The molecule has 10 heteroatoms. The molecule has 28 heavy (non-hydrogen) atoms. The maximum atomic E-state index is 12.3. The number of aromatic nitrogens is 2. The van der Waals surface area contributed by atoms with Gasteiger partial charge in [0.05, 0.1) is 12.0 Å². The number of carbonyl (C=O) groups excluding carboxylic acids is 1. The molecule has 1 aromatic heterocycles. The first-order valence-corrected chi connectivity index (χ1v) is 9.57. The zero-order chi connectivity index (χ0) is 20.3. The van der Waals surface area contributed by atoms with E-state index in [0.29, 0.717) is 11.3 Å². The number of amides is 1.